The predicted molar refractivity (Wildman–Crippen MR) is 125 cm³/mol. The molecular weight excluding hydrogens is 422 g/mol. The Labute approximate surface area is 191 Å². The monoisotopic (exact) mass is 447 g/mol. The number of carbonyl (C=O) groups excluding carboxylic acids is 2. The van der Waals surface area contributed by atoms with Crippen LogP contribution in [-0.2, 0) is 28.8 Å². The van der Waals surface area contributed by atoms with E-state index >= 15 is 0 Å². The first-order chi connectivity index (χ1) is 15.5. The van der Waals surface area contributed by atoms with E-state index in [9.17, 15) is 14.9 Å². The number of ether oxygens (including phenoxy) is 1. The molecule has 164 valence electrons. The van der Waals surface area contributed by atoms with Crippen LogP contribution in [0.5, 0.6) is 0 Å². The number of pyridine rings is 1. The Hall–Kier alpha value is -3.24. The van der Waals surface area contributed by atoms with Gasteiger partial charge in [0.15, 0.2) is 6.61 Å². The number of aromatic nitrogens is 1. The van der Waals surface area contributed by atoms with Crippen molar-refractivity contribution in [3.05, 3.63) is 57.1 Å². The zero-order chi connectivity index (χ0) is 22.7. The summed E-state index contributed by atoms with van der Waals surface area (Å²) in [6.07, 6.45) is 5.82. The molecule has 0 spiro atoms. The molecule has 1 aliphatic rings. The highest BCUT2D eigenvalue weighted by Crippen LogP contribution is 2.37. The number of benzene rings is 1. The molecular formula is C25H25N3O3S. The highest BCUT2D eigenvalue weighted by Gasteiger charge is 2.23. The lowest BCUT2D eigenvalue weighted by Crippen LogP contribution is -2.21. The molecule has 3 aromatic rings. The number of para-hydroxylation sites is 1. The number of nitrogens with zero attached hydrogens (tertiary/aromatic N) is 2. The Kier molecular flexibility index (Phi) is 6.52. The molecule has 2 heterocycles. The van der Waals surface area contributed by atoms with Gasteiger partial charge in [0.25, 0.3) is 5.91 Å². The molecule has 7 heteroatoms. The zero-order valence-electron chi connectivity index (χ0n) is 18.3. The largest absolute Gasteiger partial charge is 0.452 e. The van der Waals surface area contributed by atoms with Crippen molar-refractivity contribution in [3.8, 4) is 6.07 Å². The highest BCUT2D eigenvalue weighted by molar-refractivity contribution is 7.16. The molecule has 1 aliphatic carbocycles. The van der Waals surface area contributed by atoms with E-state index < -0.39 is 18.5 Å². The molecule has 0 unspecified atom stereocenters. The van der Waals surface area contributed by atoms with Crippen LogP contribution in [0.25, 0.3) is 10.9 Å². The number of anilines is 1. The van der Waals surface area contributed by atoms with Gasteiger partial charge in [0.05, 0.1) is 16.6 Å². The van der Waals surface area contributed by atoms with Gasteiger partial charge >= 0.3 is 5.97 Å². The van der Waals surface area contributed by atoms with Gasteiger partial charge in [0, 0.05) is 16.0 Å². The van der Waals surface area contributed by atoms with Crippen molar-refractivity contribution in [2.24, 2.45) is 0 Å². The summed E-state index contributed by atoms with van der Waals surface area (Å²) < 4.78 is 5.39. The number of esters is 1. The number of rotatable bonds is 5. The molecule has 1 amide bonds. The Bertz CT molecular complexity index is 1240. The highest BCUT2D eigenvalue weighted by atomic mass is 32.1. The maximum atomic E-state index is 12.9. The zero-order valence-corrected chi connectivity index (χ0v) is 19.1. The van der Waals surface area contributed by atoms with Crippen molar-refractivity contribution in [1.82, 2.24) is 4.98 Å². The quantitative estimate of drug-likeness (QED) is 0.434. The fourth-order valence-corrected chi connectivity index (χ4v) is 5.54. The van der Waals surface area contributed by atoms with E-state index in [4.69, 9.17) is 4.74 Å². The Balaban J connectivity index is 1.51. The Morgan fingerprint density at radius 3 is 2.78 bits per heavy atom. The van der Waals surface area contributed by atoms with Crippen molar-refractivity contribution in [3.63, 3.8) is 0 Å². The number of fused-ring (bicyclic) bond motifs is 2. The fourth-order valence-electron chi connectivity index (χ4n) is 4.28. The van der Waals surface area contributed by atoms with Gasteiger partial charge in [-0.25, -0.2) is 4.79 Å². The molecule has 32 heavy (non-hydrogen) atoms. The minimum atomic E-state index is -0.548. The van der Waals surface area contributed by atoms with Gasteiger partial charge in [-0.15, -0.1) is 11.3 Å². The summed E-state index contributed by atoms with van der Waals surface area (Å²) in [5, 5.41) is 13.7. The molecule has 2 aromatic heterocycles. The van der Waals surface area contributed by atoms with Crippen LogP contribution in [0.2, 0.25) is 0 Å². The molecule has 0 aliphatic heterocycles. The lowest BCUT2D eigenvalue weighted by atomic mass is 10.0. The topological polar surface area (TPSA) is 92.1 Å². The van der Waals surface area contributed by atoms with E-state index in [0.29, 0.717) is 27.9 Å². The number of nitriles is 1. The van der Waals surface area contributed by atoms with Crippen LogP contribution < -0.4 is 5.32 Å². The van der Waals surface area contributed by atoms with E-state index in [1.54, 1.807) is 0 Å². The number of thiophene rings is 1. The van der Waals surface area contributed by atoms with Crippen molar-refractivity contribution < 1.29 is 14.3 Å². The summed E-state index contributed by atoms with van der Waals surface area (Å²) in [4.78, 5) is 31.3. The number of hydrogen-bond acceptors (Lipinski definition) is 6. The Morgan fingerprint density at radius 2 is 2.00 bits per heavy atom. The molecule has 4 rings (SSSR count). The first-order valence-electron chi connectivity index (χ1n) is 10.9. The molecule has 0 bridgehead atoms. The average Bonchev–Trinajstić information content (AvgIpc) is 2.95. The van der Waals surface area contributed by atoms with Crippen LogP contribution in [0.3, 0.4) is 0 Å². The SMILES string of the molecule is CCc1nc2ccccc2c(C(=O)OCC(=O)Nc2sc3c(c2C#N)CCCCC3)c1C. The van der Waals surface area contributed by atoms with Crippen molar-refractivity contribution in [2.45, 2.75) is 52.4 Å². The number of aryl methyl sites for hydroxylation is 2. The molecule has 0 radical (unpaired) electrons. The third-order valence-corrected chi connectivity index (χ3v) is 7.10. The smallest absolute Gasteiger partial charge is 0.339 e. The molecule has 1 aromatic carbocycles. The van der Waals surface area contributed by atoms with Gasteiger partial charge in [0.1, 0.15) is 11.1 Å². The van der Waals surface area contributed by atoms with Crippen LogP contribution >= 0.6 is 11.3 Å². The van der Waals surface area contributed by atoms with Crippen molar-refractivity contribution >= 4 is 39.1 Å². The molecule has 0 saturated heterocycles. The third-order valence-electron chi connectivity index (χ3n) is 5.90. The number of amides is 1. The second-order valence-electron chi connectivity index (χ2n) is 7.93. The number of hydrogen-bond donors (Lipinski definition) is 1. The maximum Gasteiger partial charge on any atom is 0.339 e. The fraction of sp³-hybridized carbons (Fsp3) is 0.360. The third kappa shape index (κ3) is 4.23. The first-order valence-corrected chi connectivity index (χ1v) is 11.7. The van der Waals surface area contributed by atoms with Gasteiger partial charge in [-0.05, 0) is 56.2 Å². The minimum Gasteiger partial charge on any atom is -0.452 e. The van der Waals surface area contributed by atoms with Gasteiger partial charge in [-0.3, -0.25) is 9.78 Å². The minimum absolute atomic E-state index is 0.413. The van der Waals surface area contributed by atoms with E-state index in [1.807, 2.05) is 38.1 Å². The Morgan fingerprint density at radius 1 is 1.22 bits per heavy atom. The van der Waals surface area contributed by atoms with Crippen LogP contribution in [0, 0.1) is 18.3 Å². The lowest BCUT2D eigenvalue weighted by molar-refractivity contribution is -0.119. The van der Waals surface area contributed by atoms with E-state index in [0.717, 1.165) is 54.4 Å². The lowest BCUT2D eigenvalue weighted by Gasteiger charge is -2.13. The summed E-state index contributed by atoms with van der Waals surface area (Å²) in [6, 6.07) is 9.68. The van der Waals surface area contributed by atoms with E-state index in [-0.39, 0.29) is 0 Å². The summed E-state index contributed by atoms with van der Waals surface area (Å²) >= 11 is 1.46. The summed E-state index contributed by atoms with van der Waals surface area (Å²) in [5.41, 5.74) is 4.39. The first kappa shape index (κ1) is 22.0. The second-order valence-corrected chi connectivity index (χ2v) is 9.04. The average molecular weight is 448 g/mol. The summed E-state index contributed by atoms with van der Waals surface area (Å²) in [7, 11) is 0. The van der Waals surface area contributed by atoms with Gasteiger partial charge in [0.2, 0.25) is 0 Å². The van der Waals surface area contributed by atoms with E-state index in [2.05, 4.69) is 16.4 Å². The molecule has 6 nitrogen and oxygen atoms in total. The van der Waals surface area contributed by atoms with Crippen molar-refractivity contribution in [1.29, 1.82) is 5.26 Å². The van der Waals surface area contributed by atoms with Crippen LogP contribution in [0.4, 0.5) is 5.00 Å². The van der Waals surface area contributed by atoms with E-state index in [1.165, 1.54) is 16.2 Å². The standard InChI is InChI=1S/C25H25N3O3S/c1-3-19-15(2)23(17-10-7-8-11-20(17)27-19)25(30)31-14-22(29)28-24-18(13-26)16-9-5-4-6-12-21(16)32-24/h7-8,10-11H,3-6,9,12,14H2,1-2H3,(H,28,29). The molecule has 0 fully saturated rings. The van der Waals surface area contributed by atoms with Crippen molar-refractivity contribution in [2.75, 3.05) is 11.9 Å². The van der Waals surface area contributed by atoms with Gasteiger partial charge in [-0.1, -0.05) is 31.5 Å². The molecule has 0 atom stereocenters. The van der Waals surface area contributed by atoms with Crippen LogP contribution in [0.15, 0.2) is 24.3 Å². The maximum absolute atomic E-state index is 12.9. The second kappa shape index (κ2) is 9.49. The predicted octanol–water partition coefficient (Wildman–Crippen LogP) is 5.10. The summed E-state index contributed by atoms with van der Waals surface area (Å²) in [5.74, 6) is -0.994. The summed E-state index contributed by atoms with van der Waals surface area (Å²) in [6.45, 7) is 3.43. The normalized spacial score (nSPS) is 13.2. The number of nitrogens with one attached hydrogen (secondary N) is 1. The number of carbonyl (C=O) groups is 2. The van der Waals surface area contributed by atoms with Crippen LogP contribution in [-0.4, -0.2) is 23.5 Å². The van der Waals surface area contributed by atoms with Gasteiger partial charge in [-0.2, -0.15) is 5.26 Å². The molecule has 1 N–H and O–H groups in total. The van der Waals surface area contributed by atoms with Crippen LogP contribution in [0.1, 0.15) is 63.8 Å². The van der Waals surface area contributed by atoms with Gasteiger partial charge < -0.3 is 10.1 Å². The molecule has 0 saturated carbocycles.